The predicted molar refractivity (Wildman–Crippen MR) is 94.1 cm³/mol. The molecule has 0 amide bonds. The van der Waals surface area contributed by atoms with Gasteiger partial charge in [0, 0.05) is 5.69 Å². The SMILES string of the molecule is Cc1ccccc1NC(C)(c1ccccc1)c1ccccc1. The molecule has 0 aliphatic heterocycles. The Bertz CT molecular complexity index is 693. The van der Waals surface area contributed by atoms with E-state index < -0.39 is 0 Å². The Labute approximate surface area is 132 Å². The summed E-state index contributed by atoms with van der Waals surface area (Å²) in [6.45, 7) is 4.38. The molecule has 0 heterocycles. The maximum absolute atomic E-state index is 3.76. The van der Waals surface area contributed by atoms with Gasteiger partial charge in [-0.15, -0.1) is 0 Å². The molecule has 0 unspecified atom stereocenters. The molecule has 1 N–H and O–H groups in total. The first kappa shape index (κ1) is 14.4. The molecule has 22 heavy (non-hydrogen) atoms. The molecule has 0 aromatic heterocycles. The van der Waals surface area contributed by atoms with Crippen molar-refractivity contribution in [2.75, 3.05) is 5.32 Å². The van der Waals surface area contributed by atoms with Crippen LogP contribution in [0.1, 0.15) is 23.6 Å². The zero-order valence-electron chi connectivity index (χ0n) is 13.1. The lowest BCUT2D eigenvalue weighted by Gasteiger charge is -2.34. The fourth-order valence-corrected chi connectivity index (χ4v) is 2.84. The molecule has 1 heteroatoms. The molecule has 3 aromatic rings. The van der Waals surface area contributed by atoms with E-state index in [1.54, 1.807) is 0 Å². The number of nitrogens with one attached hydrogen (secondary N) is 1. The van der Waals surface area contributed by atoms with Crippen molar-refractivity contribution in [2.24, 2.45) is 0 Å². The van der Waals surface area contributed by atoms with Crippen LogP contribution in [-0.4, -0.2) is 0 Å². The van der Waals surface area contributed by atoms with Crippen LogP contribution in [0, 0.1) is 6.92 Å². The third-order valence-corrected chi connectivity index (χ3v) is 4.23. The van der Waals surface area contributed by atoms with E-state index in [1.165, 1.54) is 16.7 Å². The maximum Gasteiger partial charge on any atom is 0.0850 e. The van der Waals surface area contributed by atoms with E-state index in [2.05, 4.69) is 104 Å². The Balaban J connectivity index is 2.10. The van der Waals surface area contributed by atoms with E-state index in [1.807, 2.05) is 0 Å². The van der Waals surface area contributed by atoms with Crippen molar-refractivity contribution in [3.05, 3.63) is 102 Å². The van der Waals surface area contributed by atoms with Gasteiger partial charge < -0.3 is 5.32 Å². The minimum absolute atomic E-state index is 0.269. The van der Waals surface area contributed by atoms with E-state index >= 15 is 0 Å². The molecule has 0 aliphatic rings. The summed E-state index contributed by atoms with van der Waals surface area (Å²) in [6, 6.07) is 29.6. The Morgan fingerprint density at radius 3 is 1.59 bits per heavy atom. The van der Waals surface area contributed by atoms with Gasteiger partial charge in [0.1, 0.15) is 0 Å². The van der Waals surface area contributed by atoms with Crippen molar-refractivity contribution < 1.29 is 0 Å². The van der Waals surface area contributed by atoms with E-state index in [4.69, 9.17) is 0 Å². The first-order valence-electron chi connectivity index (χ1n) is 7.65. The Hall–Kier alpha value is -2.54. The first-order valence-corrected chi connectivity index (χ1v) is 7.65. The second kappa shape index (κ2) is 6.07. The molecule has 1 nitrogen and oxygen atoms in total. The number of hydrogen-bond acceptors (Lipinski definition) is 1. The first-order chi connectivity index (χ1) is 10.7. The van der Waals surface area contributed by atoms with Crippen molar-refractivity contribution in [3.8, 4) is 0 Å². The van der Waals surface area contributed by atoms with Crippen molar-refractivity contribution in [1.82, 2.24) is 0 Å². The highest BCUT2D eigenvalue weighted by Gasteiger charge is 2.28. The van der Waals surface area contributed by atoms with Crippen molar-refractivity contribution >= 4 is 5.69 Å². The molecule has 0 bridgehead atoms. The van der Waals surface area contributed by atoms with Crippen LogP contribution in [0.5, 0.6) is 0 Å². The molecule has 0 spiro atoms. The summed E-state index contributed by atoms with van der Waals surface area (Å²) in [5.41, 5.74) is 4.65. The summed E-state index contributed by atoms with van der Waals surface area (Å²) in [7, 11) is 0. The summed E-state index contributed by atoms with van der Waals surface area (Å²) in [6.07, 6.45) is 0. The van der Waals surface area contributed by atoms with Gasteiger partial charge in [0.2, 0.25) is 0 Å². The van der Waals surface area contributed by atoms with Gasteiger partial charge in [0.05, 0.1) is 5.54 Å². The fourth-order valence-electron chi connectivity index (χ4n) is 2.84. The van der Waals surface area contributed by atoms with E-state index in [0.29, 0.717) is 0 Å². The third kappa shape index (κ3) is 2.75. The van der Waals surface area contributed by atoms with Crippen LogP contribution in [-0.2, 0) is 5.54 Å². The van der Waals surface area contributed by atoms with Gasteiger partial charge in [0.25, 0.3) is 0 Å². The monoisotopic (exact) mass is 287 g/mol. The second-order valence-electron chi connectivity index (χ2n) is 5.80. The zero-order chi connectivity index (χ0) is 15.4. The van der Waals surface area contributed by atoms with Gasteiger partial charge in [-0.2, -0.15) is 0 Å². The van der Waals surface area contributed by atoms with Crippen molar-refractivity contribution in [2.45, 2.75) is 19.4 Å². The molecule has 0 saturated heterocycles. The van der Waals surface area contributed by atoms with Gasteiger partial charge in [0.15, 0.2) is 0 Å². The normalized spacial score (nSPS) is 11.2. The lowest BCUT2D eigenvalue weighted by molar-refractivity contribution is 0.659. The molecular weight excluding hydrogens is 266 g/mol. The molecule has 0 atom stereocenters. The number of anilines is 1. The number of benzene rings is 3. The lowest BCUT2D eigenvalue weighted by Crippen LogP contribution is -2.33. The topological polar surface area (TPSA) is 12.0 Å². The zero-order valence-corrected chi connectivity index (χ0v) is 13.1. The number of aryl methyl sites for hydroxylation is 1. The summed E-state index contributed by atoms with van der Waals surface area (Å²) in [5.74, 6) is 0. The van der Waals surface area contributed by atoms with Crippen LogP contribution in [0.25, 0.3) is 0 Å². The van der Waals surface area contributed by atoms with Gasteiger partial charge in [-0.3, -0.25) is 0 Å². The summed E-state index contributed by atoms with van der Waals surface area (Å²) in [5, 5.41) is 3.76. The highest BCUT2D eigenvalue weighted by atomic mass is 15.0. The molecule has 3 aromatic carbocycles. The quantitative estimate of drug-likeness (QED) is 0.680. The van der Waals surface area contributed by atoms with Crippen LogP contribution < -0.4 is 5.32 Å². The van der Waals surface area contributed by atoms with Crippen LogP contribution in [0.4, 0.5) is 5.69 Å². The number of para-hydroxylation sites is 1. The number of rotatable bonds is 4. The van der Waals surface area contributed by atoms with E-state index in [0.717, 1.165) is 5.69 Å². The highest BCUT2D eigenvalue weighted by Crippen LogP contribution is 2.34. The molecule has 3 rings (SSSR count). The molecule has 0 fully saturated rings. The predicted octanol–water partition coefficient (Wildman–Crippen LogP) is 5.37. The largest absolute Gasteiger partial charge is 0.372 e. The van der Waals surface area contributed by atoms with Crippen LogP contribution in [0.2, 0.25) is 0 Å². The number of hydrogen-bond donors (Lipinski definition) is 1. The van der Waals surface area contributed by atoms with Gasteiger partial charge >= 0.3 is 0 Å². The van der Waals surface area contributed by atoms with Crippen LogP contribution in [0.15, 0.2) is 84.9 Å². The molecule has 0 saturated carbocycles. The fraction of sp³-hybridized carbons (Fsp3) is 0.143. The molecule has 110 valence electrons. The summed E-state index contributed by atoms with van der Waals surface area (Å²) < 4.78 is 0. The van der Waals surface area contributed by atoms with E-state index in [-0.39, 0.29) is 5.54 Å². The smallest absolute Gasteiger partial charge is 0.0850 e. The minimum atomic E-state index is -0.269. The average molecular weight is 287 g/mol. The van der Waals surface area contributed by atoms with Crippen molar-refractivity contribution in [3.63, 3.8) is 0 Å². The van der Waals surface area contributed by atoms with E-state index in [9.17, 15) is 0 Å². The average Bonchev–Trinajstić information content (AvgIpc) is 2.58. The highest BCUT2D eigenvalue weighted by molar-refractivity contribution is 5.56. The molecular formula is C21H21N. The van der Waals surface area contributed by atoms with Gasteiger partial charge in [-0.25, -0.2) is 0 Å². The summed E-state index contributed by atoms with van der Waals surface area (Å²) in [4.78, 5) is 0. The minimum Gasteiger partial charge on any atom is -0.372 e. The van der Waals surface area contributed by atoms with Crippen LogP contribution in [0.3, 0.4) is 0 Å². The second-order valence-corrected chi connectivity index (χ2v) is 5.80. The van der Waals surface area contributed by atoms with Gasteiger partial charge in [-0.05, 0) is 36.6 Å². The Kier molecular flexibility index (Phi) is 3.97. The van der Waals surface area contributed by atoms with Crippen LogP contribution >= 0.6 is 0 Å². The molecule has 0 aliphatic carbocycles. The maximum atomic E-state index is 3.76. The summed E-state index contributed by atoms with van der Waals surface area (Å²) >= 11 is 0. The third-order valence-electron chi connectivity index (χ3n) is 4.23. The van der Waals surface area contributed by atoms with Crippen molar-refractivity contribution in [1.29, 1.82) is 0 Å². The lowest BCUT2D eigenvalue weighted by atomic mass is 9.84. The van der Waals surface area contributed by atoms with Gasteiger partial charge in [-0.1, -0.05) is 78.9 Å². The molecule has 0 radical (unpaired) electrons. The Morgan fingerprint density at radius 2 is 1.09 bits per heavy atom. The Morgan fingerprint density at radius 1 is 0.636 bits per heavy atom. The standard InChI is InChI=1S/C21H21N/c1-17-11-9-10-16-20(17)22-21(2,18-12-5-3-6-13-18)19-14-7-4-8-15-19/h3-16,22H,1-2H3.